The average molecular weight is 254 g/mol. The Morgan fingerprint density at radius 2 is 1.79 bits per heavy atom. The maximum Gasteiger partial charge on any atom is 0.255 e. The van der Waals surface area contributed by atoms with E-state index in [-0.39, 0.29) is 5.91 Å². The molecule has 19 heavy (non-hydrogen) atoms. The lowest BCUT2D eigenvalue weighted by atomic mass is 10.2. The largest absolute Gasteiger partial charge is 0.399 e. The van der Waals surface area contributed by atoms with Crippen LogP contribution in [0.15, 0.2) is 59.8 Å². The Balaban J connectivity index is 2.04. The van der Waals surface area contributed by atoms with E-state index in [1.54, 1.807) is 18.3 Å². The van der Waals surface area contributed by atoms with Gasteiger partial charge in [-0.2, -0.15) is 0 Å². The summed E-state index contributed by atoms with van der Waals surface area (Å²) in [4.78, 5) is 16.5. The van der Waals surface area contributed by atoms with E-state index in [0.717, 1.165) is 11.3 Å². The Hall–Kier alpha value is -2.62. The Morgan fingerprint density at radius 3 is 2.42 bits per heavy atom. The minimum Gasteiger partial charge on any atom is -0.399 e. The van der Waals surface area contributed by atoms with Crippen LogP contribution in [0.2, 0.25) is 0 Å². The van der Waals surface area contributed by atoms with Crippen LogP contribution in [0.1, 0.15) is 15.9 Å². The molecule has 1 amide bonds. The maximum atomic E-state index is 11.9. The van der Waals surface area contributed by atoms with Crippen molar-refractivity contribution >= 4 is 17.8 Å². The molecule has 4 nitrogen and oxygen atoms in total. The van der Waals surface area contributed by atoms with Crippen LogP contribution >= 0.6 is 0 Å². The molecule has 0 radical (unpaired) electrons. The monoisotopic (exact) mass is 254 g/mol. The maximum absolute atomic E-state index is 11.9. The summed E-state index contributed by atoms with van der Waals surface area (Å²) >= 11 is 0. The van der Waals surface area contributed by atoms with Crippen molar-refractivity contribution in [2.24, 2.45) is 5.16 Å². The molecule has 0 unspecified atom stereocenters. The normalized spacial score (nSPS) is 10.4. The number of rotatable bonds is 4. The SMILES string of the molecule is CON=Cc1ccc(NC(=O)c2ccccc2)cc1. The predicted octanol–water partition coefficient (Wildman–Crippen LogP) is 2.92. The van der Waals surface area contributed by atoms with Gasteiger partial charge in [0.05, 0.1) is 6.21 Å². The van der Waals surface area contributed by atoms with Crippen molar-refractivity contribution in [1.29, 1.82) is 0 Å². The highest BCUT2D eigenvalue weighted by atomic mass is 16.6. The number of nitrogens with one attached hydrogen (secondary N) is 1. The summed E-state index contributed by atoms with van der Waals surface area (Å²) < 4.78 is 0. The van der Waals surface area contributed by atoms with Crippen LogP contribution in [0.5, 0.6) is 0 Å². The van der Waals surface area contributed by atoms with E-state index >= 15 is 0 Å². The molecule has 0 aliphatic carbocycles. The van der Waals surface area contributed by atoms with E-state index in [0.29, 0.717) is 5.56 Å². The molecular weight excluding hydrogens is 240 g/mol. The number of hydrogen-bond acceptors (Lipinski definition) is 3. The number of nitrogens with zero attached hydrogens (tertiary/aromatic N) is 1. The lowest BCUT2D eigenvalue weighted by Gasteiger charge is -2.05. The number of anilines is 1. The standard InChI is InChI=1S/C15H14N2O2/c1-19-16-11-12-7-9-14(10-8-12)17-15(18)13-5-3-2-4-6-13/h2-11H,1H3,(H,17,18). The van der Waals surface area contributed by atoms with Gasteiger partial charge in [0.25, 0.3) is 5.91 Å². The highest BCUT2D eigenvalue weighted by Crippen LogP contribution is 2.10. The third kappa shape index (κ3) is 3.67. The molecule has 2 aromatic carbocycles. The summed E-state index contributed by atoms with van der Waals surface area (Å²) in [6.07, 6.45) is 1.60. The van der Waals surface area contributed by atoms with Crippen LogP contribution in [0.25, 0.3) is 0 Å². The number of hydrogen-bond donors (Lipinski definition) is 1. The van der Waals surface area contributed by atoms with Crippen LogP contribution in [0, 0.1) is 0 Å². The fraction of sp³-hybridized carbons (Fsp3) is 0.0667. The summed E-state index contributed by atoms with van der Waals surface area (Å²) in [5.74, 6) is -0.126. The van der Waals surface area contributed by atoms with Crippen molar-refractivity contribution in [1.82, 2.24) is 0 Å². The van der Waals surface area contributed by atoms with Crippen molar-refractivity contribution in [2.45, 2.75) is 0 Å². The van der Waals surface area contributed by atoms with Gasteiger partial charge in [0.2, 0.25) is 0 Å². The number of carbonyl (C=O) groups excluding carboxylic acids is 1. The van der Waals surface area contributed by atoms with E-state index in [2.05, 4.69) is 15.3 Å². The molecule has 2 rings (SSSR count). The highest BCUT2D eigenvalue weighted by Gasteiger charge is 2.04. The second-order valence-electron chi connectivity index (χ2n) is 3.86. The topological polar surface area (TPSA) is 50.7 Å². The first kappa shape index (κ1) is 12.8. The van der Waals surface area contributed by atoms with Crippen molar-refractivity contribution < 1.29 is 9.63 Å². The first-order chi connectivity index (χ1) is 9.29. The van der Waals surface area contributed by atoms with Gasteiger partial charge in [-0.15, -0.1) is 0 Å². The lowest BCUT2D eigenvalue weighted by molar-refractivity contribution is 0.102. The third-order valence-corrected chi connectivity index (χ3v) is 2.51. The van der Waals surface area contributed by atoms with E-state index in [9.17, 15) is 4.79 Å². The van der Waals surface area contributed by atoms with Crippen LogP contribution in [-0.2, 0) is 4.84 Å². The molecule has 0 aromatic heterocycles. The van der Waals surface area contributed by atoms with Gasteiger partial charge < -0.3 is 10.2 Å². The molecule has 0 heterocycles. The summed E-state index contributed by atoms with van der Waals surface area (Å²) in [6.45, 7) is 0. The number of benzene rings is 2. The zero-order valence-electron chi connectivity index (χ0n) is 10.5. The molecule has 96 valence electrons. The summed E-state index contributed by atoms with van der Waals surface area (Å²) in [6, 6.07) is 16.4. The van der Waals surface area contributed by atoms with Crippen LogP contribution in [-0.4, -0.2) is 19.2 Å². The van der Waals surface area contributed by atoms with Gasteiger partial charge >= 0.3 is 0 Å². The van der Waals surface area contributed by atoms with E-state index in [1.807, 2.05) is 42.5 Å². The highest BCUT2D eigenvalue weighted by molar-refractivity contribution is 6.04. The molecule has 1 N–H and O–H groups in total. The van der Waals surface area contributed by atoms with Crippen molar-refractivity contribution in [3.63, 3.8) is 0 Å². The molecule has 0 aliphatic rings. The zero-order valence-corrected chi connectivity index (χ0v) is 10.5. The molecular formula is C15H14N2O2. The molecule has 0 atom stereocenters. The molecule has 0 fully saturated rings. The van der Waals surface area contributed by atoms with Gasteiger partial charge in [-0.3, -0.25) is 4.79 Å². The minimum atomic E-state index is -0.126. The first-order valence-electron chi connectivity index (χ1n) is 5.82. The fourth-order valence-electron chi connectivity index (χ4n) is 1.56. The molecule has 0 aliphatic heterocycles. The van der Waals surface area contributed by atoms with Crippen molar-refractivity contribution in [2.75, 3.05) is 12.4 Å². The zero-order chi connectivity index (χ0) is 13.5. The molecule has 4 heteroatoms. The van der Waals surface area contributed by atoms with Crippen LogP contribution in [0.3, 0.4) is 0 Å². The fourth-order valence-corrected chi connectivity index (χ4v) is 1.56. The smallest absolute Gasteiger partial charge is 0.255 e. The molecule has 0 bridgehead atoms. The Morgan fingerprint density at radius 1 is 1.11 bits per heavy atom. The summed E-state index contributed by atoms with van der Waals surface area (Å²) in [5, 5.41) is 6.49. The number of amides is 1. The first-order valence-corrected chi connectivity index (χ1v) is 5.82. The second-order valence-corrected chi connectivity index (χ2v) is 3.86. The van der Waals surface area contributed by atoms with E-state index < -0.39 is 0 Å². The molecule has 0 saturated carbocycles. The van der Waals surface area contributed by atoms with Gasteiger partial charge in [-0.25, -0.2) is 0 Å². The van der Waals surface area contributed by atoms with Gasteiger partial charge in [-0.05, 0) is 29.8 Å². The van der Waals surface area contributed by atoms with Gasteiger partial charge in [0.1, 0.15) is 7.11 Å². The third-order valence-electron chi connectivity index (χ3n) is 2.51. The second kappa shape index (κ2) is 6.35. The Bertz CT molecular complexity index is 562. The molecule has 0 spiro atoms. The van der Waals surface area contributed by atoms with E-state index in [4.69, 9.17) is 0 Å². The predicted molar refractivity (Wildman–Crippen MR) is 75.4 cm³/mol. The van der Waals surface area contributed by atoms with Crippen LogP contribution < -0.4 is 5.32 Å². The van der Waals surface area contributed by atoms with Crippen molar-refractivity contribution in [3.8, 4) is 0 Å². The summed E-state index contributed by atoms with van der Waals surface area (Å²) in [5.41, 5.74) is 2.27. The Kier molecular flexibility index (Phi) is 4.29. The van der Waals surface area contributed by atoms with Crippen LogP contribution in [0.4, 0.5) is 5.69 Å². The lowest BCUT2D eigenvalue weighted by Crippen LogP contribution is -2.11. The quantitative estimate of drug-likeness (QED) is 0.673. The molecule has 0 saturated heterocycles. The van der Waals surface area contributed by atoms with Crippen molar-refractivity contribution in [3.05, 3.63) is 65.7 Å². The number of carbonyl (C=O) groups is 1. The number of oxime groups is 1. The summed E-state index contributed by atoms with van der Waals surface area (Å²) in [7, 11) is 1.49. The minimum absolute atomic E-state index is 0.126. The average Bonchev–Trinajstić information content (AvgIpc) is 2.47. The van der Waals surface area contributed by atoms with E-state index in [1.165, 1.54) is 7.11 Å². The van der Waals surface area contributed by atoms with Gasteiger partial charge in [0, 0.05) is 11.3 Å². The molecule has 2 aromatic rings. The van der Waals surface area contributed by atoms with Gasteiger partial charge in [0.15, 0.2) is 0 Å². The van der Waals surface area contributed by atoms with Gasteiger partial charge in [-0.1, -0.05) is 35.5 Å². The Labute approximate surface area is 111 Å².